The van der Waals surface area contributed by atoms with Gasteiger partial charge in [-0.2, -0.15) is 10.4 Å². The highest BCUT2D eigenvalue weighted by molar-refractivity contribution is 5.44. The van der Waals surface area contributed by atoms with Gasteiger partial charge in [0.2, 0.25) is 0 Å². The topological polar surface area (TPSA) is 84.8 Å². The summed E-state index contributed by atoms with van der Waals surface area (Å²) in [5, 5.41) is 24.4. The van der Waals surface area contributed by atoms with Gasteiger partial charge in [0.15, 0.2) is 0 Å². The summed E-state index contributed by atoms with van der Waals surface area (Å²) >= 11 is 0. The number of nitrogens with zero attached hydrogens (tertiary/aromatic N) is 4. The van der Waals surface area contributed by atoms with E-state index in [2.05, 4.69) is 11.2 Å². The van der Waals surface area contributed by atoms with Gasteiger partial charge in [-0.1, -0.05) is 0 Å². The summed E-state index contributed by atoms with van der Waals surface area (Å²) in [5.74, 6) is 0.251. The second-order valence-corrected chi connectivity index (χ2v) is 5.58. The lowest BCUT2D eigenvalue weighted by Gasteiger charge is -2.21. The molecule has 0 aliphatic heterocycles. The van der Waals surface area contributed by atoms with E-state index in [1.54, 1.807) is 12.1 Å². The van der Waals surface area contributed by atoms with Crippen LogP contribution in [0.3, 0.4) is 0 Å². The fraction of sp³-hybridized carbons (Fsp3) is 0.375. The molecule has 1 heterocycles. The van der Waals surface area contributed by atoms with Gasteiger partial charge in [-0.25, -0.2) is 4.68 Å². The first-order valence-corrected chi connectivity index (χ1v) is 7.32. The average molecular weight is 296 g/mol. The van der Waals surface area contributed by atoms with Gasteiger partial charge in [-0.3, -0.25) is 10.1 Å². The SMILES string of the molecule is Cc1nn(-c2ccc([N+](=O)[O-])cc2)c2c1C(CC#N)CCC2. The van der Waals surface area contributed by atoms with Gasteiger partial charge < -0.3 is 0 Å². The molecule has 0 N–H and O–H groups in total. The number of hydrogen-bond acceptors (Lipinski definition) is 4. The smallest absolute Gasteiger partial charge is 0.258 e. The van der Waals surface area contributed by atoms with Crippen molar-refractivity contribution < 1.29 is 4.92 Å². The molecule has 0 radical (unpaired) electrons. The second-order valence-electron chi connectivity index (χ2n) is 5.58. The summed E-state index contributed by atoms with van der Waals surface area (Å²) < 4.78 is 1.87. The molecular formula is C16H16N4O2. The van der Waals surface area contributed by atoms with Crippen molar-refractivity contribution in [1.82, 2.24) is 9.78 Å². The number of non-ortho nitro benzene ring substituents is 1. The second kappa shape index (κ2) is 5.60. The molecule has 0 spiro atoms. The van der Waals surface area contributed by atoms with E-state index in [0.717, 1.165) is 36.3 Å². The zero-order chi connectivity index (χ0) is 15.7. The maximum atomic E-state index is 10.8. The monoisotopic (exact) mass is 296 g/mol. The van der Waals surface area contributed by atoms with E-state index < -0.39 is 4.92 Å². The van der Waals surface area contributed by atoms with Crippen LogP contribution >= 0.6 is 0 Å². The van der Waals surface area contributed by atoms with E-state index >= 15 is 0 Å². The van der Waals surface area contributed by atoms with Crippen LogP contribution in [0.15, 0.2) is 24.3 Å². The highest BCUT2D eigenvalue weighted by Crippen LogP contribution is 2.37. The Hall–Kier alpha value is -2.68. The highest BCUT2D eigenvalue weighted by atomic mass is 16.6. The number of aryl methyl sites for hydroxylation is 1. The summed E-state index contributed by atoms with van der Waals surface area (Å²) in [4.78, 5) is 10.3. The van der Waals surface area contributed by atoms with Crippen molar-refractivity contribution in [3.05, 3.63) is 51.3 Å². The van der Waals surface area contributed by atoms with E-state index in [1.165, 1.54) is 17.7 Å². The van der Waals surface area contributed by atoms with Crippen LogP contribution in [0.5, 0.6) is 0 Å². The number of aromatic nitrogens is 2. The first kappa shape index (κ1) is 14.3. The van der Waals surface area contributed by atoms with Gasteiger partial charge in [-0.15, -0.1) is 0 Å². The van der Waals surface area contributed by atoms with Crippen LogP contribution < -0.4 is 0 Å². The Labute approximate surface area is 128 Å². The van der Waals surface area contributed by atoms with E-state index in [4.69, 9.17) is 5.26 Å². The van der Waals surface area contributed by atoms with Crippen molar-refractivity contribution in [1.29, 1.82) is 5.26 Å². The molecule has 6 nitrogen and oxygen atoms in total. The lowest BCUT2D eigenvalue weighted by atomic mass is 9.83. The molecule has 0 amide bonds. The molecule has 112 valence electrons. The van der Waals surface area contributed by atoms with Crippen LogP contribution in [0.4, 0.5) is 5.69 Å². The summed E-state index contributed by atoms with van der Waals surface area (Å²) in [6, 6.07) is 8.69. The number of benzene rings is 1. The van der Waals surface area contributed by atoms with Crippen molar-refractivity contribution in [2.24, 2.45) is 0 Å². The maximum Gasteiger partial charge on any atom is 0.269 e. The predicted octanol–water partition coefficient (Wildman–Crippen LogP) is 3.42. The lowest BCUT2D eigenvalue weighted by molar-refractivity contribution is -0.384. The minimum absolute atomic E-state index is 0.0730. The molecule has 1 aromatic heterocycles. The molecule has 0 saturated carbocycles. The zero-order valence-corrected chi connectivity index (χ0v) is 12.3. The van der Waals surface area contributed by atoms with Crippen LogP contribution in [-0.4, -0.2) is 14.7 Å². The molecule has 22 heavy (non-hydrogen) atoms. The molecule has 0 bridgehead atoms. The van der Waals surface area contributed by atoms with Crippen LogP contribution in [0, 0.1) is 28.4 Å². The van der Waals surface area contributed by atoms with E-state index in [1.807, 2.05) is 11.6 Å². The molecule has 0 saturated heterocycles. The van der Waals surface area contributed by atoms with Crippen molar-refractivity contribution in [2.75, 3.05) is 0 Å². The van der Waals surface area contributed by atoms with Crippen molar-refractivity contribution >= 4 is 5.69 Å². The standard InChI is InChI=1S/C16H16N4O2/c1-11-16-12(9-10-17)3-2-4-15(16)19(18-11)13-5-7-14(8-6-13)20(21)22/h5-8,12H,2-4,9H2,1H3. The molecule has 1 unspecified atom stereocenters. The Balaban J connectivity index is 2.04. The number of nitriles is 1. The fourth-order valence-electron chi connectivity index (χ4n) is 3.26. The average Bonchev–Trinajstić information content (AvgIpc) is 2.86. The van der Waals surface area contributed by atoms with Crippen LogP contribution in [0.2, 0.25) is 0 Å². The van der Waals surface area contributed by atoms with Crippen LogP contribution in [0.25, 0.3) is 5.69 Å². The van der Waals surface area contributed by atoms with Gasteiger partial charge in [0.05, 0.1) is 22.4 Å². The minimum Gasteiger partial charge on any atom is -0.258 e. The van der Waals surface area contributed by atoms with Gasteiger partial charge in [0.25, 0.3) is 5.69 Å². The van der Waals surface area contributed by atoms with Crippen LogP contribution in [0.1, 0.15) is 42.1 Å². The summed E-state index contributed by atoms with van der Waals surface area (Å²) in [6.45, 7) is 1.97. The third-order valence-electron chi connectivity index (χ3n) is 4.22. The predicted molar refractivity (Wildman–Crippen MR) is 80.9 cm³/mol. The van der Waals surface area contributed by atoms with Gasteiger partial charge in [0.1, 0.15) is 0 Å². The number of nitro groups is 1. The van der Waals surface area contributed by atoms with Gasteiger partial charge in [0, 0.05) is 35.7 Å². The fourth-order valence-corrected chi connectivity index (χ4v) is 3.26. The maximum absolute atomic E-state index is 10.8. The van der Waals surface area contributed by atoms with Crippen molar-refractivity contribution in [3.63, 3.8) is 0 Å². The third kappa shape index (κ3) is 2.35. The lowest BCUT2D eigenvalue weighted by Crippen LogP contribution is -2.12. The molecule has 6 heteroatoms. The van der Waals surface area contributed by atoms with E-state index in [9.17, 15) is 10.1 Å². The number of hydrogen-bond donors (Lipinski definition) is 0. The quantitative estimate of drug-likeness (QED) is 0.641. The minimum atomic E-state index is -0.406. The van der Waals surface area contributed by atoms with Gasteiger partial charge >= 0.3 is 0 Å². The highest BCUT2D eigenvalue weighted by Gasteiger charge is 2.27. The summed E-state index contributed by atoms with van der Waals surface area (Å²) in [5.41, 5.74) is 4.17. The van der Waals surface area contributed by atoms with E-state index in [0.29, 0.717) is 6.42 Å². The normalized spacial score (nSPS) is 16.8. The molecule has 1 aliphatic carbocycles. The Morgan fingerprint density at radius 3 is 2.82 bits per heavy atom. The van der Waals surface area contributed by atoms with Crippen molar-refractivity contribution in [3.8, 4) is 11.8 Å². The first-order valence-electron chi connectivity index (χ1n) is 7.32. The number of nitro benzene ring substituents is 1. The Morgan fingerprint density at radius 1 is 1.45 bits per heavy atom. The molecule has 1 aromatic carbocycles. The van der Waals surface area contributed by atoms with Crippen molar-refractivity contribution in [2.45, 2.75) is 38.5 Å². The summed E-state index contributed by atoms with van der Waals surface area (Å²) in [6.07, 6.45) is 3.50. The molecule has 1 aliphatic rings. The Morgan fingerprint density at radius 2 is 2.18 bits per heavy atom. The first-order chi connectivity index (χ1) is 10.6. The Kier molecular flexibility index (Phi) is 3.63. The molecular weight excluding hydrogens is 280 g/mol. The Bertz CT molecular complexity index is 756. The molecule has 2 aromatic rings. The zero-order valence-electron chi connectivity index (χ0n) is 12.3. The largest absolute Gasteiger partial charge is 0.269 e. The molecule has 1 atom stereocenters. The van der Waals surface area contributed by atoms with Gasteiger partial charge in [-0.05, 0) is 38.3 Å². The molecule has 0 fully saturated rings. The molecule has 3 rings (SSSR count). The number of fused-ring (bicyclic) bond motifs is 1. The van der Waals surface area contributed by atoms with E-state index in [-0.39, 0.29) is 11.6 Å². The number of rotatable bonds is 3. The van der Waals surface area contributed by atoms with Crippen LogP contribution in [-0.2, 0) is 6.42 Å². The summed E-state index contributed by atoms with van der Waals surface area (Å²) in [7, 11) is 0. The third-order valence-corrected chi connectivity index (χ3v) is 4.22.